The van der Waals surface area contributed by atoms with Crippen molar-refractivity contribution in [2.24, 2.45) is 0 Å². The number of aliphatic hydroxyl groups is 1. The van der Waals surface area contributed by atoms with E-state index in [1.165, 1.54) is 12.3 Å². The number of hydrogen-bond acceptors (Lipinski definition) is 4. The largest absolute Gasteiger partial charge is 0.396 e. The smallest absolute Gasteiger partial charge is 0.273 e. The van der Waals surface area contributed by atoms with Gasteiger partial charge in [-0.05, 0) is 20.3 Å². The van der Waals surface area contributed by atoms with Crippen molar-refractivity contribution < 1.29 is 14.4 Å². The van der Waals surface area contributed by atoms with E-state index in [0.29, 0.717) is 6.42 Å². The summed E-state index contributed by atoms with van der Waals surface area (Å²) in [6.07, 6.45) is 1.84. The van der Waals surface area contributed by atoms with Gasteiger partial charge in [0, 0.05) is 18.2 Å². The van der Waals surface area contributed by atoms with Crippen molar-refractivity contribution in [3.8, 4) is 0 Å². The molecule has 0 bridgehead atoms. The van der Waals surface area contributed by atoms with Gasteiger partial charge in [-0.2, -0.15) is 0 Å². The van der Waals surface area contributed by atoms with E-state index in [0.717, 1.165) is 0 Å². The van der Waals surface area contributed by atoms with Crippen LogP contribution in [0.25, 0.3) is 0 Å². The molecule has 0 saturated heterocycles. The van der Waals surface area contributed by atoms with Crippen molar-refractivity contribution in [1.82, 2.24) is 10.5 Å². The summed E-state index contributed by atoms with van der Waals surface area (Å²) in [5.74, 6) is -0.294. The molecule has 78 valence electrons. The van der Waals surface area contributed by atoms with Crippen LogP contribution < -0.4 is 5.32 Å². The van der Waals surface area contributed by atoms with Gasteiger partial charge >= 0.3 is 0 Å². The lowest BCUT2D eigenvalue weighted by molar-refractivity contribution is 0.0890. The first kappa shape index (κ1) is 10.7. The van der Waals surface area contributed by atoms with Gasteiger partial charge in [0.05, 0.1) is 0 Å². The minimum absolute atomic E-state index is 0.0338. The molecule has 0 fully saturated rings. The summed E-state index contributed by atoms with van der Waals surface area (Å²) in [5.41, 5.74) is -0.193. The lowest BCUT2D eigenvalue weighted by atomic mass is 10.0. The van der Waals surface area contributed by atoms with Crippen LogP contribution in [0.3, 0.4) is 0 Å². The maximum Gasteiger partial charge on any atom is 0.273 e. The number of amides is 1. The zero-order valence-corrected chi connectivity index (χ0v) is 8.28. The molecule has 1 amide bonds. The van der Waals surface area contributed by atoms with Gasteiger partial charge in [-0.15, -0.1) is 0 Å². The van der Waals surface area contributed by atoms with Crippen LogP contribution in [0.2, 0.25) is 0 Å². The zero-order valence-electron chi connectivity index (χ0n) is 8.28. The molecule has 0 aliphatic rings. The summed E-state index contributed by atoms with van der Waals surface area (Å²) >= 11 is 0. The predicted octanol–water partition coefficient (Wildman–Crippen LogP) is 0.565. The monoisotopic (exact) mass is 198 g/mol. The lowest BCUT2D eigenvalue weighted by Crippen LogP contribution is -2.44. The van der Waals surface area contributed by atoms with Crippen molar-refractivity contribution in [2.75, 3.05) is 6.61 Å². The highest BCUT2D eigenvalue weighted by Gasteiger charge is 2.21. The Bertz CT molecular complexity index is 293. The SMILES string of the molecule is CC(C)(CCO)NC(=O)c1ccon1. The van der Waals surface area contributed by atoms with Gasteiger partial charge in [-0.3, -0.25) is 4.79 Å². The summed E-state index contributed by atoms with van der Waals surface area (Å²) in [6, 6.07) is 1.49. The van der Waals surface area contributed by atoms with E-state index in [4.69, 9.17) is 5.11 Å². The highest BCUT2D eigenvalue weighted by Crippen LogP contribution is 2.08. The first-order valence-corrected chi connectivity index (χ1v) is 4.39. The number of aliphatic hydroxyl groups excluding tert-OH is 1. The molecule has 0 aliphatic heterocycles. The molecule has 0 spiro atoms. The van der Waals surface area contributed by atoms with E-state index >= 15 is 0 Å². The number of carbonyl (C=O) groups excluding carboxylic acids is 1. The Kier molecular flexibility index (Phi) is 3.24. The van der Waals surface area contributed by atoms with E-state index in [2.05, 4.69) is 15.0 Å². The Morgan fingerprint density at radius 3 is 2.93 bits per heavy atom. The molecule has 1 heterocycles. The Hall–Kier alpha value is -1.36. The number of nitrogens with zero attached hydrogens (tertiary/aromatic N) is 1. The number of hydrogen-bond donors (Lipinski definition) is 2. The van der Waals surface area contributed by atoms with E-state index in [1.54, 1.807) is 0 Å². The molecule has 1 rings (SSSR count). The fourth-order valence-corrected chi connectivity index (χ4v) is 1.04. The fraction of sp³-hybridized carbons (Fsp3) is 0.556. The Labute approximate surface area is 82.1 Å². The minimum atomic E-state index is -0.440. The van der Waals surface area contributed by atoms with Crippen LogP contribution in [-0.2, 0) is 0 Å². The summed E-state index contributed by atoms with van der Waals surface area (Å²) in [4.78, 5) is 11.5. The molecule has 5 heteroatoms. The molecule has 1 aromatic heterocycles. The fourth-order valence-electron chi connectivity index (χ4n) is 1.04. The molecule has 5 nitrogen and oxygen atoms in total. The first-order valence-electron chi connectivity index (χ1n) is 4.39. The van der Waals surface area contributed by atoms with Gasteiger partial charge in [0.25, 0.3) is 5.91 Å². The van der Waals surface area contributed by atoms with Crippen molar-refractivity contribution in [1.29, 1.82) is 0 Å². The van der Waals surface area contributed by atoms with Gasteiger partial charge in [0.2, 0.25) is 0 Å². The second-order valence-corrected chi connectivity index (χ2v) is 3.70. The molecular formula is C9H14N2O3. The third kappa shape index (κ3) is 2.85. The molecule has 1 aromatic rings. The third-order valence-corrected chi connectivity index (χ3v) is 1.86. The highest BCUT2D eigenvalue weighted by molar-refractivity contribution is 5.92. The molecule has 0 radical (unpaired) electrons. The Balaban J connectivity index is 2.57. The Morgan fingerprint density at radius 1 is 1.71 bits per heavy atom. The summed E-state index contributed by atoms with van der Waals surface area (Å²) < 4.78 is 4.55. The zero-order chi connectivity index (χ0) is 10.6. The average Bonchev–Trinajstić information content (AvgIpc) is 2.53. The second-order valence-electron chi connectivity index (χ2n) is 3.70. The quantitative estimate of drug-likeness (QED) is 0.741. The molecule has 0 aliphatic carbocycles. The Morgan fingerprint density at radius 2 is 2.43 bits per heavy atom. The average molecular weight is 198 g/mol. The lowest BCUT2D eigenvalue weighted by Gasteiger charge is -2.24. The first-order chi connectivity index (χ1) is 6.55. The molecular weight excluding hydrogens is 184 g/mol. The van der Waals surface area contributed by atoms with Gasteiger partial charge in [-0.25, -0.2) is 0 Å². The van der Waals surface area contributed by atoms with Crippen LogP contribution in [0.15, 0.2) is 16.9 Å². The van der Waals surface area contributed by atoms with Crippen LogP contribution in [-0.4, -0.2) is 28.3 Å². The van der Waals surface area contributed by atoms with Gasteiger partial charge < -0.3 is 14.9 Å². The van der Waals surface area contributed by atoms with Crippen LogP contribution in [0.5, 0.6) is 0 Å². The number of aromatic nitrogens is 1. The van der Waals surface area contributed by atoms with E-state index in [-0.39, 0.29) is 18.2 Å². The van der Waals surface area contributed by atoms with Crippen LogP contribution in [0, 0.1) is 0 Å². The molecule has 0 saturated carbocycles. The standard InChI is InChI=1S/C9H14N2O3/c1-9(2,4-5-12)10-8(13)7-3-6-14-11-7/h3,6,12H,4-5H2,1-2H3,(H,10,13). The van der Waals surface area contributed by atoms with Crippen LogP contribution >= 0.6 is 0 Å². The number of rotatable bonds is 4. The van der Waals surface area contributed by atoms with Crippen molar-refractivity contribution >= 4 is 5.91 Å². The molecule has 0 aromatic carbocycles. The molecule has 14 heavy (non-hydrogen) atoms. The van der Waals surface area contributed by atoms with E-state index in [9.17, 15) is 4.79 Å². The van der Waals surface area contributed by atoms with Gasteiger partial charge in [-0.1, -0.05) is 5.16 Å². The van der Waals surface area contributed by atoms with Crippen molar-refractivity contribution in [2.45, 2.75) is 25.8 Å². The highest BCUT2D eigenvalue weighted by atomic mass is 16.5. The molecule has 2 N–H and O–H groups in total. The maximum atomic E-state index is 11.5. The van der Waals surface area contributed by atoms with E-state index < -0.39 is 5.54 Å². The van der Waals surface area contributed by atoms with Crippen LogP contribution in [0.1, 0.15) is 30.8 Å². The van der Waals surface area contributed by atoms with Crippen LogP contribution in [0.4, 0.5) is 0 Å². The van der Waals surface area contributed by atoms with Crippen molar-refractivity contribution in [3.63, 3.8) is 0 Å². The van der Waals surface area contributed by atoms with E-state index in [1.807, 2.05) is 13.8 Å². The van der Waals surface area contributed by atoms with Crippen molar-refractivity contribution in [3.05, 3.63) is 18.0 Å². The summed E-state index contributed by atoms with van der Waals surface area (Å²) in [5, 5.41) is 15.0. The number of carbonyl (C=O) groups is 1. The summed E-state index contributed by atoms with van der Waals surface area (Å²) in [7, 11) is 0. The predicted molar refractivity (Wildman–Crippen MR) is 49.8 cm³/mol. The molecule has 0 atom stereocenters. The maximum absolute atomic E-state index is 11.5. The summed E-state index contributed by atoms with van der Waals surface area (Å²) in [6.45, 7) is 3.70. The second kappa shape index (κ2) is 4.23. The normalized spacial score (nSPS) is 11.4. The minimum Gasteiger partial charge on any atom is -0.396 e. The number of nitrogens with one attached hydrogen (secondary N) is 1. The van der Waals surface area contributed by atoms with Gasteiger partial charge in [0.1, 0.15) is 6.26 Å². The topological polar surface area (TPSA) is 75.4 Å². The third-order valence-electron chi connectivity index (χ3n) is 1.86. The van der Waals surface area contributed by atoms with Gasteiger partial charge in [0.15, 0.2) is 5.69 Å². The molecule has 0 unspecified atom stereocenters.